The fourth-order valence-electron chi connectivity index (χ4n) is 2.37. The molecule has 4 nitrogen and oxygen atoms in total. The van der Waals surface area contributed by atoms with Gasteiger partial charge in [0.1, 0.15) is 5.75 Å². The molecule has 1 heterocycles. The molecule has 1 aliphatic heterocycles. The zero-order valence-electron chi connectivity index (χ0n) is 12.5. The molecule has 0 saturated carbocycles. The Labute approximate surface area is 132 Å². The van der Waals surface area contributed by atoms with Gasteiger partial charge in [0.15, 0.2) is 5.11 Å². The maximum Gasteiger partial charge on any atom is 0.169 e. The molecule has 1 fully saturated rings. The molecule has 0 amide bonds. The number of nitrogens with zero attached hydrogens (tertiary/aromatic N) is 2. The van der Waals surface area contributed by atoms with Crippen LogP contribution in [0.5, 0.6) is 5.75 Å². The van der Waals surface area contributed by atoms with E-state index in [4.69, 9.17) is 17.0 Å². The van der Waals surface area contributed by atoms with Crippen molar-refractivity contribution in [2.45, 2.75) is 6.54 Å². The first-order valence-electron chi connectivity index (χ1n) is 7.22. The van der Waals surface area contributed by atoms with E-state index in [0.717, 1.165) is 50.1 Å². The van der Waals surface area contributed by atoms with E-state index < -0.39 is 0 Å². The molecule has 1 aliphatic rings. The monoisotopic (exact) mass is 305 g/mol. The summed E-state index contributed by atoms with van der Waals surface area (Å²) < 4.78 is 5.18. The maximum absolute atomic E-state index is 5.37. The second kappa shape index (κ2) is 8.00. The van der Waals surface area contributed by atoms with Gasteiger partial charge in [-0.15, -0.1) is 6.58 Å². The Morgan fingerprint density at radius 3 is 2.52 bits per heavy atom. The highest BCUT2D eigenvalue weighted by molar-refractivity contribution is 7.80. The van der Waals surface area contributed by atoms with Crippen LogP contribution < -0.4 is 10.1 Å². The van der Waals surface area contributed by atoms with Crippen molar-refractivity contribution >= 4 is 17.3 Å². The number of hydrogen-bond donors (Lipinski definition) is 1. The molecule has 1 aromatic rings. The molecule has 5 heteroatoms. The summed E-state index contributed by atoms with van der Waals surface area (Å²) in [5, 5.41) is 4.02. The molecule has 0 bridgehead atoms. The van der Waals surface area contributed by atoms with Crippen LogP contribution in [0, 0.1) is 0 Å². The van der Waals surface area contributed by atoms with Crippen molar-refractivity contribution in [1.82, 2.24) is 15.1 Å². The standard InChI is InChI=1S/C16H23N3OS/c1-3-8-17-16(21)19-11-9-18(10-12-19)13-14-4-6-15(20-2)7-5-14/h3-7H,1,8-13H2,2H3,(H,17,21). The van der Waals surface area contributed by atoms with Gasteiger partial charge in [-0.05, 0) is 29.9 Å². The SMILES string of the molecule is C=CCNC(=S)N1CCN(Cc2ccc(OC)cc2)CC1. The van der Waals surface area contributed by atoms with Gasteiger partial charge >= 0.3 is 0 Å². The van der Waals surface area contributed by atoms with Crippen molar-refractivity contribution in [1.29, 1.82) is 0 Å². The maximum atomic E-state index is 5.37. The average molecular weight is 305 g/mol. The summed E-state index contributed by atoms with van der Waals surface area (Å²) in [6.07, 6.45) is 1.83. The molecule has 21 heavy (non-hydrogen) atoms. The lowest BCUT2D eigenvalue weighted by atomic mass is 10.2. The topological polar surface area (TPSA) is 27.7 Å². The first-order valence-corrected chi connectivity index (χ1v) is 7.62. The smallest absolute Gasteiger partial charge is 0.169 e. The summed E-state index contributed by atoms with van der Waals surface area (Å²) in [7, 11) is 1.69. The van der Waals surface area contributed by atoms with Crippen molar-refractivity contribution < 1.29 is 4.74 Å². The van der Waals surface area contributed by atoms with E-state index >= 15 is 0 Å². The van der Waals surface area contributed by atoms with E-state index in [0.29, 0.717) is 0 Å². The number of methoxy groups -OCH3 is 1. The minimum Gasteiger partial charge on any atom is -0.497 e. The van der Waals surface area contributed by atoms with Gasteiger partial charge in [-0.1, -0.05) is 18.2 Å². The minimum absolute atomic E-state index is 0.727. The lowest BCUT2D eigenvalue weighted by Crippen LogP contribution is -2.51. The number of benzene rings is 1. The first kappa shape index (κ1) is 15.8. The molecule has 0 atom stereocenters. The van der Waals surface area contributed by atoms with E-state index in [1.165, 1.54) is 5.56 Å². The normalized spacial score (nSPS) is 15.6. The van der Waals surface area contributed by atoms with E-state index in [-0.39, 0.29) is 0 Å². The van der Waals surface area contributed by atoms with Gasteiger partial charge in [-0.3, -0.25) is 4.90 Å². The number of piperazine rings is 1. The summed E-state index contributed by atoms with van der Waals surface area (Å²) in [5.41, 5.74) is 1.32. The Bertz CT molecular complexity index is 467. The van der Waals surface area contributed by atoms with Crippen LogP contribution in [-0.4, -0.2) is 54.7 Å². The summed E-state index contributed by atoms with van der Waals surface area (Å²) in [6.45, 7) is 9.40. The third-order valence-electron chi connectivity index (χ3n) is 3.62. The van der Waals surface area contributed by atoms with Crippen molar-refractivity contribution in [3.05, 3.63) is 42.5 Å². The molecule has 0 unspecified atom stereocenters. The van der Waals surface area contributed by atoms with Crippen LogP contribution in [0.2, 0.25) is 0 Å². The van der Waals surface area contributed by atoms with E-state index in [9.17, 15) is 0 Å². The van der Waals surface area contributed by atoms with Crippen LogP contribution in [0.4, 0.5) is 0 Å². The fourth-order valence-corrected chi connectivity index (χ4v) is 2.64. The van der Waals surface area contributed by atoms with Crippen LogP contribution >= 0.6 is 12.2 Å². The Morgan fingerprint density at radius 1 is 1.29 bits per heavy atom. The van der Waals surface area contributed by atoms with Crippen molar-refractivity contribution in [2.24, 2.45) is 0 Å². The molecule has 0 aliphatic carbocycles. The fraction of sp³-hybridized carbons (Fsp3) is 0.438. The lowest BCUT2D eigenvalue weighted by Gasteiger charge is -2.36. The summed E-state index contributed by atoms with van der Waals surface area (Å²) in [5.74, 6) is 0.905. The number of ether oxygens (including phenoxy) is 1. The van der Waals surface area contributed by atoms with Crippen molar-refractivity contribution in [3.8, 4) is 5.75 Å². The molecule has 1 N–H and O–H groups in total. The Balaban J connectivity index is 1.78. The van der Waals surface area contributed by atoms with Gasteiger partial charge in [0.25, 0.3) is 0 Å². The number of hydrogen-bond acceptors (Lipinski definition) is 3. The predicted molar refractivity (Wildman–Crippen MR) is 90.6 cm³/mol. The largest absolute Gasteiger partial charge is 0.497 e. The molecule has 2 rings (SSSR count). The highest BCUT2D eigenvalue weighted by Gasteiger charge is 2.18. The highest BCUT2D eigenvalue weighted by Crippen LogP contribution is 2.14. The van der Waals surface area contributed by atoms with Crippen LogP contribution in [0.25, 0.3) is 0 Å². The molecular formula is C16H23N3OS. The molecule has 0 spiro atoms. The minimum atomic E-state index is 0.727. The van der Waals surface area contributed by atoms with E-state index in [1.54, 1.807) is 7.11 Å². The highest BCUT2D eigenvalue weighted by atomic mass is 32.1. The summed E-state index contributed by atoms with van der Waals surface area (Å²) in [6, 6.07) is 8.28. The summed E-state index contributed by atoms with van der Waals surface area (Å²) in [4.78, 5) is 4.68. The van der Waals surface area contributed by atoms with Gasteiger partial charge in [0, 0.05) is 39.3 Å². The van der Waals surface area contributed by atoms with Gasteiger partial charge in [0.05, 0.1) is 7.11 Å². The second-order valence-corrected chi connectivity index (χ2v) is 5.47. The number of thiocarbonyl (C=S) groups is 1. The van der Waals surface area contributed by atoms with E-state index in [1.807, 2.05) is 18.2 Å². The van der Waals surface area contributed by atoms with Gasteiger partial charge < -0.3 is 15.0 Å². The van der Waals surface area contributed by atoms with Crippen molar-refractivity contribution in [2.75, 3.05) is 39.8 Å². The Hall–Kier alpha value is -1.59. The molecule has 1 aromatic carbocycles. The van der Waals surface area contributed by atoms with E-state index in [2.05, 4.69) is 33.8 Å². The molecule has 0 radical (unpaired) electrons. The third kappa shape index (κ3) is 4.72. The van der Waals surface area contributed by atoms with Crippen LogP contribution in [0.1, 0.15) is 5.56 Å². The van der Waals surface area contributed by atoms with Crippen molar-refractivity contribution in [3.63, 3.8) is 0 Å². The van der Waals surface area contributed by atoms with Crippen LogP contribution in [0.3, 0.4) is 0 Å². The Kier molecular flexibility index (Phi) is 6.02. The third-order valence-corrected chi connectivity index (χ3v) is 4.02. The summed E-state index contributed by atoms with van der Waals surface area (Å²) >= 11 is 5.37. The first-order chi connectivity index (χ1) is 10.2. The van der Waals surface area contributed by atoms with Crippen LogP contribution in [-0.2, 0) is 6.54 Å². The van der Waals surface area contributed by atoms with Gasteiger partial charge in [-0.2, -0.15) is 0 Å². The number of nitrogens with one attached hydrogen (secondary N) is 1. The molecule has 1 saturated heterocycles. The quantitative estimate of drug-likeness (QED) is 0.662. The van der Waals surface area contributed by atoms with Gasteiger partial charge in [0.2, 0.25) is 0 Å². The Morgan fingerprint density at radius 2 is 1.95 bits per heavy atom. The zero-order chi connectivity index (χ0) is 15.1. The second-order valence-electron chi connectivity index (χ2n) is 5.09. The predicted octanol–water partition coefficient (Wildman–Crippen LogP) is 1.87. The average Bonchev–Trinajstić information content (AvgIpc) is 2.54. The molecule has 114 valence electrons. The zero-order valence-corrected chi connectivity index (χ0v) is 13.4. The van der Waals surface area contributed by atoms with Crippen LogP contribution in [0.15, 0.2) is 36.9 Å². The molecular weight excluding hydrogens is 282 g/mol. The molecule has 0 aromatic heterocycles. The number of rotatable bonds is 5. The van der Waals surface area contributed by atoms with Gasteiger partial charge in [-0.25, -0.2) is 0 Å². The lowest BCUT2D eigenvalue weighted by molar-refractivity contribution is 0.174.